The van der Waals surface area contributed by atoms with E-state index >= 15 is 0 Å². The van der Waals surface area contributed by atoms with Crippen LogP contribution in [0.25, 0.3) is 84.2 Å². The minimum Gasteiger partial charge on any atom is -0.293 e. The van der Waals surface area contributed by atoms with Crippen molar-refractivity contribution < 1.29 is 0 Å². The molecule has 230 valence electrons. The Bertz CT molecular complexity index is 2520. The standard InChI is InChI=1S/C44H29N5/c1-4-14-30(15-5-1)31-24-26-34(27-25-31)42-46-41(33-18-8-3-9-19-33)47-43(48-42)37-28-29-38(32-16-6-2-7-17-32)45-44(37)49-39-22-12-10-20-35(39)36-21-11-13-23-40(36)49/h1-29H. The SMILES string of the molecule is c1ccc(-c2ccc(-c3nc(-c4ccccc4)nc(-c4ccc(-c5ccccc5)nc4-n4c5ccccc5c5ccccc54)n3)cc2)cc1. The molecule has 0 aliphatic rings. The smallest absolute Gasteiger partial charge is 0.167 e. The number of aromatic nitrogens is 5. The Balaban J connectivity index is 1.29. The molecule has 3 aromatic heterocycles. The Hall–Kier alpha value is -6.72. The van der Waals surface area contributed by atoms with Gasteiger partial charge in [-0.1, -0.05) is 152 Å². The van der Waals surface area contributed by atoms with Crippen LogP contribution in [-0.4, -0.2) is 24.5 Å². The fourth-order valence-electron chi connectivity index (χ4n) is 6.50. The highest BCUT2D eigenvalue weighted by atomic mass is 15.1. The van der Waals surface area contributed by atoms with Crippen LogP contribution >= 0.6 is 0 Å². The molecule has 9 aromatic rings. The number of pyridine rings is 1. The summed E-state index contributed by atoms with van der Waals surface area (Å²) < 4.78 is 2.24. The van der Waals surface area contributed by atoms with Crippen molar-refractivity contribution in [3.63, 3.8) is 0 Å². The predicted molar refractivity (Wildman–Crippen MR) is 199 cm³/mol. The highest BCUT2D eigenvalue weighted by molar-refractivity contribution is 6.09. The summed E-state index contributed by atoms with van der Waals surface area (Å²) in [5.74, 6) is 2.52. The van der Waals surface area contributed by atoms with Gasteiger partial charge in [-0.15, -0.1) is 0 Å². The summed E-state index contributed by atoms with van der Waals surface area (Å²) in [6.07, 6.45) is 0. The maximum absolute atomic E-state index is 5.37. The summed E-state index contributed by atoms with van der Waals surface area (Å²) >= 11 is 0. The van der Waals surface area contributed by atoms with Gasteiger partial charge in [0.25, 0.3) is 0 Å². The van der Waals surface area contributed by atoms with Gasteiger partial charge in [0.2, 0.25) is 0 Å². The third kappa shape index (κ3) is 5.24. The van der Waals surface area contributed by atoms with Crippen molar-refractivity contribution in [1.29, 1.82) is 0 Å². The first-order valence-corrected chi connectivity index (χ1v) is 16.3. The minimum absolute atomic E-state index is 0.556. The lowest BCUT2D eigenvalue weighted by atomic mass is 10.0. The predicted octanol–water partition coefficient (Wildman–Crippen LogP) is 10.7. The van der Waals surface area contributed by atoms with Gasteiger partial charge >= 0.3 is 0 Å². The molecule has 0 saturated heterocycles. The molecule has 0 unspecified atom stereocenters. The van der Waals surface area contributed by atoms with Gasteiger partial charge in [0, 0.05) is 27.5 Å². The van der Waals surface area contributed by atoms with Gasteiger partial charge in [-0.2, -0.15) is 0 Å². The van der Waals surface area contributed by atoms with Crippen LogP contribution in [0, 0.1) is 0 Å². The topological polar surface area (TPSA) is 56.5 Å². The largest absolute Gasteiger partial charge is 0.293 e. The first kappa shape index (κ1) is 28.5. The third-order valence-electron chi connectivity index (χ3n) is 8.90. The maximum atomic E-state index is 5.37. The van der Waals surface area contributed by atoms with E-state index in [-0.39, 0.29) is 0 Å². The molecule has 0 amide bonds. The van der Waals surface area contributed by atoms with Crippen LogP contribution in [0.5, 0.6) is 0 Å². The van der Waals surface area contributed by atoms with E-state index in [2.05, 4.69) is 126 Å². The van der Waals surface area contributed by atoms with Crippen molar-refractivity contribution in [3.8, 4) is 62.4 Å². The van der Waals surface area contributed by atoms with Gasteiger partial charge < -0.3 is 0 Å². The second-order valence-electron chi connectivity index (χ2n) is 11.9. The molecule has 0 aliphatic carbocycles. The van der Waals surface area contributed by atoms with Crippen molar-refractivity contribution in [3.05, 3.63) is 176 Å². The van der Waals surface area contributed by atoms with Gasteiger partial charge in [-0.25, -0.2) is 19.9 Å². The molecule has 0 radical (unpaired) electrons. The molecule has 0 aliphatic heterocycles. The molecule has 0 saturated carbocycles. The molecule has 0 fully saturated rings. The Morgan fingerprint density at radius 1 is 0.306 bits per heavy atom. The van der Waals surface area contributed by atoms with Crippen LogP contribution < -0.4 is 0 Å². The number of hydrogen-bond acceptors (Lipinski definition) is 4. The van der Waals surface area contributed by atoms with Crippen molar-refractivity contribution >= 4 is 21.8 Å². The number of nitrogens with zero attached hydrogens (tertiary/aromatic N) is 5. The zero-order chi connectivity index (χ0) is 32.6. The highest BCUT2D eigenvalue weighted by Gasteiger charge is 2.21. The number of hydrogen-bond donors (Lipinski definition) is 0. The van der Waals surface area contributed by atoms with E-state index in [0.717, 1.165) is 66.7 Å². The van der Waals surface area contributed by atoms with Gasteiger partial charge in [0.1, 0.15) is 5.82 Å². The molecule has 0 spiro atoms. The van der Waals surface area contributed by atoms with Crippen LogP contribution in [-0.2, 0) is 0 Å². The van der Waals surface area contributed by atoms with Crippen LogP contribution in [0.2, 0.25) is 0 Å². The van der Waals surface area contributed by atoms with Crippen molar-refractivity contribution in [2.24, 2.45) is 0 Å². The van der Waals surface area contributed by atoms with E-state index in [1.165, 1.54) is 0 Å². The lowest BCUT2D eigenvalue weighted by molar-refractivity contribution is 1.04. The monoisotopic (exact) mass is 627 g/mol. The van der Waals surface area contributed by atoms with E-state index in [1.807, 2.05) is 54.6 Å². The Morgan fingerprint density at radius 3 is 1.33 bits per heavy atom. The van der Waals surface area contributed by atoms with Crippen LogP contribution in [0.4, 0.5) is 0 Å². The van der Waals surface area contributed by atoms with E-state index in [9.17, 15) is 0 Å². The van der Waals surface area contributed by atoms with Crippen molar-refractivity contribution in [1.82, 2.24) is 24.5 Å². The second-order valence-corrected chi connectivity index (χ2v) is 11.9. The van der Waals surface area contributed by atoms with Crippen LogP contribution in [0.15, 0.2) is 176 Å². The molecule has 6 aromatic carbocycles. The summed E-state index contributed by atoms with van der Waals surface area (Å²) in [6.45, 7) is 0. The lowest BCUT2D eigenvalue weighted by Gasteiger charge is -2.15. The van der Waals surface area contributed by atoms with Gasteiger partial charge in [0.05, 0.1) is 22.3 Å². The fraction of sp³-hybridized carbons (Fsp3) is 0. The molecule has 3 heterocycles. The van der Waals surface area contributed by atoms with Gasteiger partial charge in [-0.3, -0.25) is 4.57 Å². The quantitative estimate of drug-likeness (QED) is 0.184. The average molecular weight is 628 g/mol. The first-order chi connectivity index (χ1) is 24.3. The molecule has 0 atom stereocenters. The summed E-state index contributed by atoms with van der Waals surface area (Å²) in [6, 6.07) is 60.3. The second kappa shape index (κ2) is 12.1. The average Bonchev–Trinajstić information content (AvgIpc) is 3.53. The van der Waals surface area contributed by atoms with E-state index < -0.39 is 0 Å². The minimum atomic E-state index is 0.556. The molecular formula is C44H29N5. The van der Waals surface area contributed by atoms with Crippen LogP contribution in [0.3, 0.4) is 0 Å². The summed E-state index contributed by atoms with van der Waals surface area (Å²) in [4.78, 5) is 20.7. The zero-order valence-corrected chi connectivity index (χ0v) is 26.5. The summed E-state index contributed by atoms with van der Waals surface area (Å²) in [7, 11) is 0. The van der Waals surface area contributed by atoms with Gasteiger partial charge in [-0.05, 0) is 35.4 Å². The number of rotatable bonds is 6. The Labute approximate surface area is 283 Å². The normalized spacial score (nSPS) is 11.3. The summed E-state index contributed by atoms with van der Waals surface area (Å²) in [5, 5.41) is 2.33. The lowest BCUT2D eigenvalue weighted by Crippen LogP contribution is -2.06. The fourth-order valence-corrected chi connectivity index (χ4v) is 6.50. The van der Waals surface area contributed by atoms with E-state index in [0.29, 0.717) is 17.5 Å². The zero-order valence-electron chi connectivity index (χ0n) is 26.5. The van der Waals surface area contributed by atoms with Crippen LogP contribution in [0.1, 0.15) is 0 Å². The molecule has 0 N–H and O–H groups in total. The number of benzene rings is 6. The molecular weight excluding hydrogens is 599 g/mol. The highest BCUT2D eigenvalue weighted by Crippen LogP contribution is 2.36. The van der Waals surface area contributed by atoms with Crippen molar-refractivity contribution in [2.45, 2.75) is 0 Å². The van der Waals surface area contributed by atoms with E-state index in [4.69, 9.17) is 19.9 Å². The number of fused-ring (bicyclic) bond motifs is 3. The Morgan fingerprint density at radius 2 is 0.735 bits per heavy atom. The van der Waals surface area contributed by atoms with E-state index in [1.54, 1.807) is 0 Å². The maximum Gasteiger partial charge on any atom is 0.167 e. The number of para-hydroxylation sites is 2. The molecule has 0 bridgehead atoms. The summed E-state index contributed by atoms with van der Waals surface area (Å²) in [5.41, 5.74) is 8.98. The molecule has 5 heteroatoms. The molecule has 49 heavy (non-hydrogen) atoms. The first-order valence-electron chi connectivity index (χ1n) is 16.3. The Kier molecular flexibility index (Phi) is 7.06. The van der Waals surface area contributed by atoms with Crippen molar-refractivity contribution in [2.75, 3.05) is 0 Å². The molecule has 5 nitrogen and oxygen atoms in total. The third-order valence-corrected chi connectivity index (χ3v) is 8.90. The van der Waals surface area contributed by atoms with Gasteiger partial charge in [0.15, 0.2) is 17.5 Å². The molecule has 9 rings (SSSR count).